The van der Waals surface area contributed by atoms with Gasteiger partial charge >= 0.3 is 29.6 Å². The molecule has 0 spiro atoms. The van der Waals surface area contributed by atoms with Gasteiger partial charge in [0, 0.05) is 5.56 Å². The molecule has 0 saturated heterocycles. The van der Waals surface area contributed by atoms with Gasteiger partial charge in [-0.05, 0) is 53.6 Å². The van der Waals surface area contributed by atoms with Crippen LogP contribution in [-0.2, 0) is 0 Å². The van der Waals surface area contributed by atoms with Crippen molar-refractivity contribution in [3.8, 4) is 18.0 Å². The molecule has 1 heterocycles. The third-order valence-electron chi connectivity index (χ3n) is 4.64. The Labute approximate surface area is 201 Å². The van der Waals surface area contributed by atoms with Crippen LogP contribution in [0.2, 0.25) is 0 Å². The van der Waals surface area contributed by atoms with Crippen molar-refractivity contribution in [2.75, 3.05) is 0 Å². The Morgan fingerprint density at radius 3 is 2.45 bits per heavy atom. The van der Waals surface area contributed by atoms with Crippen LogP contribution in [0.15, 0.2) is 77.6 Å². The van der Waals surface area contributed by atoms with Gasteiger partial charge in [-0.2, -0.15) is 0 Å². The van der Waals surface area contributed by atoms with E-state index in [4.69, 9.17) is 6.42 Å². The number of terminal acetylenes is 1. The minimum Gasteiger partial charge on any atom is -0.545 e. The maximum Gasteiger partial charge on any atom is 1.00 e. The van der Waals surface area contributed by atoms with Crippen LogP contribution < -0.4 is 40.2 Å². The van der Waals surface area contributed by atoms with Gasteiger partial charge in [0.1, 0.15) is 5.82 Å². The van der Waals surface area contributed by atoms with Crippen LogP contribution in [0.3, 0.4) is 0 Å². The van der Waals surface area contributed by atoms with E-state index in [0.29, 0.717) is 22.4 Å². The zero-order chi connectivity index (χ0) is 21.1. The van der Waals surface area contributed by atoms with E-state index >= 15 is 0 Å². The number of nitrogens with zero attached hydrogens (tertiary/aromatic N) is 2. The minimum absolute atomic E-state index is 0. The number of hydrogen-bond acceptors (Lipinski definition) is 4. The Morgan fingerprint density at radius 2 is 1.74 bits per heavy atom. The largest absolute Gasteiger partial charge is 1.00 e. The molecule has 6 heteroatoms. The Balaban J connectivity index is 0.00000272. The van der Waals surface area contributed by atoms with Gasteiger partial charge in [0.15, 0.2) is 0 Å². The number of carboxylic acid groups (broad SMARTS) is 1. The Kier molecular flexibility index (Phi) is 6.88. The first-order valence-electron chi connectivity index (χ1n) is 9.15. The maximum atomic E-state index is 13.2. The molecular formula is C25H15N2NaO3. The van der Waals surface area contributed by atoms with E-state index in [0.717, 1.165) is 11.1 Å². The smallest absolute Gasteiger partial charge is 0.545 e. The normalized spacial score (nSPS) is 10.5. The summed E-state index contributed by atoms with van der Waals surface area (Å²) in [6.07, 6.45) is 8.92. The molecule has 0 unspecified atom stereocenters. The molecule has 0 aliphatic heterocycles. The van der Waals surface area contributed by atoms with Gasteiger partial charge < -0.3 is 9.90 Å². The predicted molar refractivity (Wildman–Crippen MR) is 115 cm³/mol. The third-order valence-corrected chi connectivity index (χ3v) is 4.64. The van der Waals surface area contributed by atoms with Crippen LogP contribution in [0.25, 0.3) is 28.7 Å². The molecule has 1 aromatic heterocycles. The summed E-state index contributed by atoms with van der Waals surface area (Å²) in [5.41, 5.74) is 2.28. The summed E-state index contributed by atoms with van der Waals surface area (Å²) in [6.45, 7) is 0. The van der Waals surface area contributed by atoms with E-state index in [2.05, 4.69) is 10.9 Å². The van der Waals surface area contributed by atoms with Crippen LogP contribution >= 0.6 is 0 Å². The number of carboxylic acids is 1. The molecule has 0 radical (unpaired) electrons. The minimum atomic E-state index is -1.32. The van der Waals surface area contributed by atoms with Gasteiger partial charge in [-0.3, -0.25) is 9.36 Å². The average molecular weight is 414 g/mol. The first-order chi connectivity index (χ1) is 14.6. The second-order valence-electron chi connectivity index (χ2n) is 6.57. The quantitative estimate of drug-likeness (QED) is 0.346. The molecule has 0 amide bonds. The number of aromatic carboxylic acids is 1. The standard InChI is InChI=1S/C25H16N2O3.Na/c1-2-17-10-12-18(13-11-17)14-15-23-26-22-9-4-3-8-21(22)24(28)27(23)20-7-5-6-19(16-20)25(29)30;/h1,3-16H,(H,29,30);/q;+1/p-1/b15-14+;. The molecule has 0 saturated carbocycles. The van der Waals surface area contributed by atoms with E-state index in [1.54, 1.807) is 36.4 Å². The van der Waals surface area contributed by atoms with E-state index in [1.807, 2.05) is 36.4 Å². The summed E-state index contributed by atoms with van der Waals surface area (Å²) in [5, 5.41) is 11.7. The second-order valence-corrected chi connectivity index (χ2v) is 6.57. The molecule has 3 aromatic carbocycles. The van der Waals surface area contributed by atoms with Crippen molar-refractivity contribution in [3.05, 3.63) is 106 Å². The first-order valence-corrected chi connectivity index (χ1v) is 9.15. The number of para-hydroxylation sites is 1. The molecule has 144 valence electrons. The van der Waals surface area contributed by atoms with Crippen LogP contribution in [0, 0.1) is 12.3 Å². The van der Waals surface area contributed by atoms with Crippen molar-refractivity contribution >= 4 is 29.0 Å². The fourth-order valence-electron chi connectivity index (χ4n) is 3.14. The maximum absolute atomic E-state index is 13.2. The fourth-order valence-corrected chi connectivity index (χ4v) is 3.14. The van der Waals surface area contributed by atoms with Crippen LogP contribution in [0.4, 0.5) is 0 Å². The molecule has 5 nitrogen and oxygen atoms in total. The van der Waals surface area contributed by atoms with Gasteiger partial charge in [0.25, 0.3) is 5.56 Å². The first kappa shape index (κ1) is 22.3. The molecule has 4 aromatic rings. The second kappa shape index (κ2) is 9.59. The number of hydrogen-bond donors (Lipinski definition) is 0. The topological polar surface area (TPSA) is 75.0 Å². The average Bonchev–Trinajstić information content (AvgIpc) is 2.78. The number of rotatable bonds is 4. The van der Waals surface area contributed by atoms with Gasteiger partial charge in [-0.15, -0.1) is 6.42 Å². The summed E-state index contributed by atoms with van der Waals surface area (Å²) < 4.78 is 1.39. The Hall–Kier alpha value is -3.43. The van der Waals surface area contributed by atoms with Crippen LogP contribution in [-0.4, -0.2) is 15.5 Å². The molecule has 0 atom stereocenters. The summed E-state index contributed by atoms with van der Waals surface area (Å²) >= 11 is 0. The van der Waals surface area contributed by atoms with Crippen LogP contribution in [0.1, 0.15) is 27.3 Å². The monoisotopic (exact) mass is 414 g/mol. The number of carbonyl (C=O) groups excluding carboxylic acids is 1. The van der Waals surface area contributed by atoms with Gasteiger partial charge in [0.2, 0.25) is 0 Å². The predicted octanol–water partition coefficient (Wildman–Crippen LogP) is -0.0951. The number of carbonyl (C=O) groups is 1. The SMILES string of the molecule is C#Cc1ccc(/C=C/c2nc3ccccc3c(=O)n2-c2cccc(C(=O)[O-])c2)cc1.[Na+]. The van der Waals surface area contributed by atoms with Gasteiger partial charge in [0.05, 0.1) is 22.6 Å². The molecule has 0 bridgehead atoms. The van der Waals surface area contributed by atoms with E-state index < -0.39 is 5.97 Å². The molecule has 0 aliphatic carbocycles. The van der Waals surface area contributed by atoms with Crippen molar-refractivity contribution in [2.45, 2.75) is 0 Å². The van der Waals surface area contributed by atoms with Crippen molar-refractivity contribution in [2.24, 2.45) is 0 Å². The van der Waals surface area contributed by atoms with Gasteiger partial charge in [-0.25, -0.2) is 4.98 Å². The third kappa shape index (κ3) is 4.68. The molecule has 0 fully saturated rings. The molecule has 0 N–H and O–H groups in total. The summed E-state index contributed by atoms with van der Waals surface area (Å²) in [4.78, 5) is 29.1. The molecule has 31 heavy (non-hydrogen) atoms. The van der Waals surface area contributed by atoms with Crippen molar-refractivity contribution in [1.82, 2.24) is 9.55 Å². The molecule has 4 rings (SSSR count). The number of benzene rings is 3. The van der Waals surface area contributed by atoms with Crippen molar-refractivity contribution in [3.63, 3.8) is 0 Å². The number of fused-ring (bicyclic) bond motifs is 1. The van der Waals surface area contributed by atoms with Crippen molar-refractivity contribution in [1.29, 1.82) is 0 Å². The zero-order valence-electron chi connectivity index (χ0n) is 16.8. The molecular weight excluding hydrogens is 399 g/mol. The Bertz CT molecular complexity index is 1400. The summed E-state index contributed by atoms with van der Waals surface area (Å²) in [6, 6.07) is 20.4. The molecule has 0 aliphatic rings. The van der Waals surface area contributed by atoms with Crippen molar-refractivity contribution < 1.29 is 39.5 Å². The van der Waals surface area contributed by atoms with E-state index in [1.165, 1.54) is 16.7 Å². The van der Waals surface area contributed by atoms with E-state index in [-0.39, 0.29) is 40.7 Å². The van der Waals surface area contributed by atoms with E-state index in [9.17, 15) is 14.7 Å². The fraction of sp³-hybridized carbons (Fsp3) is 0. The van der Waals surface area contributed by atoms with Gasteiger partial charge in [-0.1, -0.05) is 48.4 Å². The summed E-state index contributed by atoms with van der Waals surface area (Å²) in [7, 11) is 0. The summed E-state index contributed by atoms with van der Waals surface area (Å²) in [5.74, 6) is 1.62. The Morgan fingerprint density at radius 1 is 1.00 bits per heavy atom. The zero-order valence-corrected chi connectivity index (χ0v) is 18.8. The number of aromatic nitrogens is 2. The van der Waals surface area contributed by atoms with Crippen LogP contribution in [0.5, 0.6) is 0 Å².